The molecule has 0 aromatic heterocycles. The molecule has 0 spiro atoms. The number of carbonyl (C=O) groups is 1. The molecule has 4 rings (SSSR count). The zero-order chi connectivity index (χ0) is 18.3. The Hall–Kier alpha value is -2.86. The average molecular weight is 367 g/mol. The minimum atomic E-state index is -3.97. The molecule has 0 saturated heterocycles. The van der Waals surface area contributed by atoms with Gasteiger partial charge in [0.15, 0.2) is 0 Å². The number of hydrogen-bond donors (Lipinski definition) is 1. The molecule has 1 amide bonds. The molecule has 1 unspecified atom stereocenters. The topological polar surface area (TPSA) is 72.5 Å². The van der Waals surface area contributed by atoms with Crippen LogP contribution in [0.2, 0.25) is 0 Å². The molecule has 0 saturated carbocycles. The van der Waals surface area contributed by atoms with Gasteiger partial charge in [0.2, 0.25) is 5.91 Å². The Morgan fingerprint density at radius 3 is 2.58 bits per heavy atom. The fourth-order valence-electron chi connectivity index (χ4n) is 3.44. The van der Waals surface area contributed by atoms with Crippen LogP contribution in [0.1, 0.15) is 17.0 Å². The molecule has 1 N–H and O–H groups in total. The van der Waals surface area contributed by atoms with E-state index in [1.807, 2.05) is 30.3 Å². The fraction of sp³-hybridized carbons (Fsp3) is 0.150. The van der Waals surface area contributed by atoms with Crippen LogP contribution < -0.4 is 9.46 Å². The van der Waals surface area contributed by atoms with Crippen molar-refractivity contribution < 1.29 is 17.9 Å². The third-order valence-corrected chi connectivity index (χ3v) is 6.14. The monoisotopic (exact) mass is 367 g/mol. The largest absolute Gasteiger partial charge is 0.496 e. The summed E-state index contributed by atoms with van der Waals surface area (Å²) in [7, 11) is -2.43. The lowest BCUT2D eigenvalue weighted by molar-refractivity contribution is -0.121. The number of carbonyl (C=O) groups excluding carboxylic acids is 1. The van der Waals surface area contributed by atoms with Crippen molar-refractivity contribution in [2.24, 2.45) is 0 Å². The first-order chi connectivity index (χ1) is 12.5. The molecule has 1 atom stereocenters. The first kappa shape index (κ1) is 16.6. The Bertz CT molecular complexity index is 1120. The predicted molar refractivity (Wildman–Crippen MR) is 98.7 cm³/mol. The Morgan fingerprint density at radius 1 is 1.04 bits per heavy atom. The number of fused-ring (bicyclic) bond motifs is 2. The van der Waals surface area contributed by atoms with Crippen LogP contribution in [-0.2, 0) is 21.2 Å². The maximum atomic E-state index is 12.8. The number of ether oxygens (including phenoxy) is 1. The summed E-state index contributed by atoms with van der Waals surface area (Å²) in [5.41, 5.74) is 1.77. The summed E-state index contributed by atoms with van der Waals surface area (Å²) in [4.78, 5) is 12.7. The lowest BCUT2D eigenvalue weighted by atomic mass is 9.76. The number of sulfonamides is 1. The normalized spacial score (nSPS) is 15.8. The molecule has 26 heavy (non-hydrogen) atoms. The number of benzene rings is 3. The SMILES string of the molecule is COc1cccc2c1C(C(=O)NS(=O)(=O)c1cccc3ccccc13)C2. The first-order valence-electron chi connectivity index (χ1n) is 8.21. The number of methoxy groups -OCH3 is 1. The summed E-state index contributed by atoms with van der Waals surface area (Å²) in [6.07, 6.45) is 0.503. The Morgan fingerprint density at radius 2 is 1.77 bits per heavy atom. The zero-order valence-electron chi connectivity index (χ0n) is 14.1. The summed E-state index contributed by atoms with van der Waals surface area (Å²) in [6, 6.07) is 17.8. The number of nitrogens with one attached hydrogen (secondary N) is 1. The smallest absolute Gasteiger partial charge is 0.264 e. The molecule has 3 aromatic rings. The second-order valence-electron chi connectivity index (χ2n) is 6.24. The van der Waals surface area contributed by atoms with Gasteiger partial charge in [-0.3, -0.25) is 4.79 Å². The van der Waals surface area contributed by atoms with E-state index in [-0.39, 0.29) is 4.90 Å². The zero-order valence-corrected chi connectivity index (χ0v) is 14.9. The van der Waals surface area contributed by atoms with E-state index in [1.54, 1.807) is 24.3 Å². The Balaban J connectivity index is 1.65. The third-order valence-electron chi connectivity index (χ3n) is 4.74. The highest BCUT2D eigenvalue weighted by atomic mass is 32.2. The van der Waals surface area contributed by atoms with E-state index in [4.69, 9.17) is 4.74 Å². The molecule has 0 bridgehead atoms. The average Bonchev–Trinajstić information content (AvgIpc) is 2.61. The van der Waals surface area contributed by atoms with Crippen molar-refractivity contribution in [3.05, 3.63) is 71.8 Å². The summed E-state index contributed by atoms with van der Waals surface area (Å²) in [5, 5.41) is 1.39. The van der Waals surface area contributed by atoms with Crippen molar-refractivity contribution in [1.82, 2.24) is 4.72 Å². The van der Waals surface area contributed by atoms with E-state index in [9.17, 15) is 13.2 Å². The quantitative estimate of drug-likeness (QED) is 0.769. The standard InChI is InChI=1S/C20H17NO4S/c1-25-17-10-4-8-14-12-16(19(14)17)20(22)21-26(23,24)18-11-5-7-13-6-2-3-9-15(13)18/h2-11,16H,12H2,1H3,(H,21,22). The molecule has 0 fully saturated rings. The summed E-state index contributed by atoms with van der Waals surface area (Å²) in [5.74, 6) is -0.447. The van der Waals surface area contributed by atoms with E-state index in [0.29, 0.717) is 17.6 Å². The van der Waals surface area contributed by atoms with E-state index in [2.05, 4.69) is 4.72 Å². The van der Waals surface area contributed by atoms with Gasteiger partial charge < -0.3 is 4.74 Å². The molecule has 1 aliphatic rings. The van der Waals surface area contributed by atoms with Crippen LogP contribution in [0.5, 0.6) is 5.75 Å². The van der Waals surface area contributed by atoms with Crippen molar-refractivity contribution in [1.29, 1.82) is 0 Å². The second-order valence-corrected chi connectivity index (χ2v) is 7.89. The van der Waals surface area contributed by atoms with Gasteiger partial charge in [0.05, 0.1) is 17.9 Å². The van der Waals surface area contributed by atoms with Crippen LogP contribution >= 0.6 is 0 Å². The van der Waals surface area contributed by atoms with Crippen LogP contribution in [-0.4, -0.2) is 21.4 Å². The summed E-state index contributed by atoms with van der Waals surface area (Å²) >= 11 is 0. The van der Waals surface area contributed by atoms with Crippen molar-refractivity contribution in [3.63, 3.8) is 0 Å². The molecule has 0 aliphatic heterocycles. The fourth-order valence-corrected chi connectivity index (χ4v) is 4.69. The number of rotatable bonds is 4. The number of hydrogen-bond acceptors (Lipinski definition) is 4. The summed E-state index contributed by atoms with van der Waals surface area (Å²) < 4.78 is 33.1. The molecule has 5 nitrogen and oxygen atoms in total. The van der Waals surface area contributed by atoms with Crippen molar-refractivity contribution >= 4 is 26.7 Å². The van der Waals surface area contributed by atoms with Crippen molar-refractivity contribution in [2.45, 2.75) is 17.2 Å². The Kier molecular flexibility index (Phi) is 3.92. The first-order valence-corrected chi connectivity index (χ1v) is 9.70. The van der Waals surface area contributed by atoms with Crippen molar-refractivity contribution in [3.8, 4) is 5.75 Å². The van der Waals surface area contributed by atoms with Gasteiger partial charge in [0, 0.05) is 10.9 Å². The number of amides is 1. The molecule has 132 valence electrons. The van der Waals surface area contributed by atoms with Gasteiger partial charge in [0.1, 0.15) is 5.75 Å². The second kappa shape index (κ2) is 6.14. The predicted octanol–water partition coefficient (Wildman–Crippen LogP) is 2.99. The molecular formula is C20H17NO4S. The highest BCUT2D eigenvalue weighted by molar-refractivity contribution is 7.90. The van der Waals surface area contributed by atoms with E-state index in [1.165, 1.54) is 13.2 Å². The highest BCUT2D eigenvalue weighted by Crippen LogP contribution is 2.41. The van der Waals surface area contributed by atoms with Gasteiger partial charge in [-0.2, -0.15) is 0 Å². The van der Waals surface area contributed by atoms with Gasteiger partial charge in [-0.15, -0.1) is 0 Å². The molecule has 6 heteroatoms. The van der Waals surface area contributed by atoms with E-state index < -0.39 is 21.8 Å². The molecule has 0 radical (unpaired) electrons. The maximum absolute atomic E-state index is 12.8. The van der Waals surface area contributed by atoms with Crippen molar-refractivity contribution in [2.75, 3.05) is 7.11 Å². The van der Waals surface area contributed by atoms with Crippen LogP contribution in [0.3, 0.4) is 0 Å². The van der Waals surface area contributed by atoms with E-state index >= 15 is 0 Å². The lowest BCUT2D eigenvalue weighted by Gasteiger charge is -2.30. The van der Waals surface area contributed by atoms with Gasteiger partial charge in [-0.1, -0.05) is 48.5 Å². The molecule has 3 aromatic carbocycles. The van der Waals surface area contributed by atoms with Crippen LogP contribution in [0.4, 0.5) is 0 Å². The summed E-state index contributed by atoms with van der Waals surface area (Å²) in [6.45, 7) is 0. The third kappa shape index (κ3) is 2.63. The van der Waals surface area contributed by atoms with Gasteiger partial charge in [-0.25, -0.2) is 13.1 Å². The molecular weight excluding hydrogens is 350 g/mol. The van der Waals surface area contributed by atoms with Gasteiger partial charge in [0.25, 0.3) is 10.0 Å². The van der Waals surface area contributed by atoms with E-state index in [0.717, 1.165) is 16.5 Å². The minimum Gasteiger partial charge on any atom is -0.496 e. The van der Waals surface area contributed by atoms with Gasteiger partial charge in [-0.05, 0) is 29.5 Å². The van der Waals surface area contributed by atoms with Crippen LogP contribution in [0.15, 0.2) is 65.6 Å². The molecule has 1 aliphatic carbocycles. The lowest BCUT2D eigenvalue weighted by Crippen LogP contribution is -2.39. The molecule has 0 heterocycles. The Labute approximate surface area is 151 Å². The van der Waals surface area contributed by atoms with Crippen LogP contribution in [0, 0.1) is 0 Å². The minimum absolute atomic E-state index is 0.100. The highest BCUT2D eigenvalue weighted by Gasteiger charge is 2.37. The maximum Gasteiger partial charge on any atom is 0.264 e. The van der Waals surface area contributed by atoms with Crippen LogP contribution in [0.25, 0.3) is 10.8 Å². The van der Waals surface area contributed by atoms with Gasteiger partial charge >= 0.3 is 0 Å².